The zero-order valence-corrected chi connectivity index (χ0v) is 9.62. The second-order valence-electron chi connectivity index (χ2n) is 3.11. The van der Waals surface area contributed by atoms with Crippen LogP contribution in [0.4, 0.5) is 8.78 Å². The molecule has 4 nitrogen and oxygen atoms in total. The number of hydrogen-bond donors (Lipinski definition) is 0. The Bertz CT molecular complexity index is 418. The first-order valence-electron chi connectivity index (χ1n) is 4.72. The van der Waals surface area contributed by atoms with Crippen LogP contribution in [0.15, 0.2) is 12.1 Å². The maximum Gasteiger partial charge on any atom is 0.387 e. The molecule has 0 spiro atoms. The van der Waals surface area contributed by atoms with E-state index in [4.69, 9.17) is 9.47 Å². The first-order valence-corrected chi connectivity index (χ1v) is 4.72. The van der Waals surface area contributed by atoms with Crippen LogP contribution >= 0.6 is 0 Å². The molecule has 0 aromatic heterocycles. The highest BCUT2D eigenvalue weighted by molar-refractivity contribution is 5.98. The van der Waals surface area contributed by atoms with E-state index in [0.29, 0.717) is 0 Å². The van der Waals surface area contributed by atoms with Gasteiger partial charge in [0.25, 0.3) is 0 Å². The topological polar surface area (TPSA) is 44.8 Å². The average Bonchev–Trinajstić information content (AvgIpc) is 2.27. The van der Waals surface area contributed by atoms with Crippen molar-refractivity contribution in [1.82, 2.24) is 0 Å². The second kappa shape index (κ2) is 5.47. The minimum absolute atomic E-state index is 0.0166. The monoisotopic (exact) mass is 246 g/mol. The molecule has 0 saturated carbocycles. The molecule has 0 aliphatic heterocycles. The van der Waals surface area contributed by atoms with Gasteiger partial charge in [-0.3, -0.25) is 4.79 Å². The summed E-state index contributed by atoms with van der Waals surface area (Å²) in [5.74, 6) is -0.524. The van der Waals surface area contributed by atoms with Crippen molar-refractivity contribution in [2.75, 3.05) is 14.2 Å². The standard InChI is InChI=1S/C11H12F2O4/c1-6(14)7-4-5-8(15-2)10(16-3)9(7)17-11(12)13/h4-5,11H,1-3H3. The van der Waals surface area contributed by atoms with Gasteiger partial charge in [0.1, 0.15) is 0 Å². The lowest BCUT2D eigenvalue weighted by Gasteiger charge is -2.15. The molecule has 0 aliphatic carbocycles. The Labute approximate surface area is 97.1 Å². The molecule has 0 N–H and O–H groups in total. The lowest BCUT2D eigenvalue weighted by Crippen LogP contribution is -2.08. The van der Waals surface area contributed by atoms with Crippen LogP contribution in [-0.4, -0.2) is 26.6 Å². The number of carbonyl (C=O) groups is 1. The molecule has 0 radical (unpaired) electrons. The van der Waals surface area contributed by atoms with E-state index < -0.39 is 12.4 Å². The quantitative estimate of drug-likeness (QED) is 0.749. The molecular formula is C11H12F2O4. The van der Waals surface area contributed by atoms with E-state index in [1.807, 2.05) is 0 Å². The van der Waals surface area contributed by atoms with E-state index in [9.17, 15) is 13.6 Å². The minimum Gasteiger partial charge on any atom is -0.493 e. The molecule has 94 valence electrons. The van der Waals surface area contributed by atoms with Crippen LogP contribution < -0.4 is 14.2 Å². The zero-order chi connectivity index (χ0) is 13.0. The molecule has 0 amide bonds. The lowest BCUT2D eigenvalue weighted by molar-refractivity contribution is -0.0516. The summed E-state index contributed by atoms with van der Waals surface area (Å²) in [7, 11) is 2.64. The SMILES string of the molecule is COc1ccc(C(C)=O)c(OC(F)F)c1OC. The Morgan fingerprint density at radius 1 is 1.18 bits per heavy atom. The number of halogens is 2. The van der Waals surface area contributed by atoms with E-state index >= 15 is 0 Å². The third-order valence-electron chi connectivity index (χ3n) is 2.09. The molecule has 1 rings (SSSR count). The van der Waals surface area contributed by atoms with Gasteiger partial charge in [0.2, 0.25) is 5.75 Å². The Kier molecular flexibility index (Phi) is 4.25. The fourth-order valence-electron chi connectivity index (χ4n) is 1.38. The summed E-state index contributed by atoms with van der Waals surface area (Å²) in [4.78, 5) is 11.3. The number of methoxy groups -OCH3 is 2. The molecule has 0 heterocycles. The van der Waals surface area contributed by atoms with Crippen molar-refractivity contribution in [3.05, 3.63) is 17.7 Å². The van der Waals surface area contributed by atoms with Crippen LogP contribution in [0.3, 0.4) is 0 Å². The third-order valence-corrected chi connectivity index (χ3v) is 2.09. The van der Waals surface area contributed by atoms with Gasteiger partial charge in [-0.05, 0) is 19.1 Å². The normalized spacial score (nSPS) is 10.2. The van der Waals surface area contributed by atoms with Crippen molar-refractivity contribution >= 4 is 5.78 Å². The van der Waals surface area contributed by atoms with Crippen LogP contribution in [0.1, 0.15) is 17.3 Å². The summed E-state index contributed by atoms with van der Waals surface area (Å²) >= 11 is 0. The second-order valence-corrected chi connectivity index (χ2v) is 3.11. The van der Waals surface area contributed by atoms with Gasteiger partial charge in [-0.25, -0.2) is 0 Å². The summed E-state index contributed by atoms with van der Waals surface area (Å²) in [6, 6.07) is 2.80. The number of benzene rings is 1. The summed E-state index contributed by atoms with van der Waals surface area (Å²) in [6.45, 7) is -1.80. The molecule has 0 atom stereocenters. The first-order chi connectivity index (χ1) is 8.01. The molecule has 0 bridgehead atoms. The van der Waals surface area contributed by atoms with Gasteiger partial charge in [-0.2, -0.15) is 8.78 Å². The highest BCUT2D eigenvalue weighted by atomic mass is 19.3. The van der Waals surface area contributed by atoms with E-state index in [2.05, 4.69) is 4.74 Å². The number of alkyl halides is 2. The fourth-order valence-corrected chi connectivity index (χ4v) is 1.38. The molecule has 0 aliphatic rings. The van der Waals surface area contributed by atoms with Crippen LogP contribution in [-0.2, 0) is 0 Å². The lowest BCUT2D eigenvalue weighted by atomic mass is 10.1. The van der Waals surface area contributed by atoms with Crippen LogP contribution in [0.2, 0.25) is 0 Å². The van der Waals surface area contributed by atoms with Gasteiger partial charge >= 0.3 is 6.61 Å². The molecule has 0 fully saturated rings. The molecule has 1 aromatic rings. The Hall–Kier alpha value is -1.85. The Morgan fingerprint density at radius 3 is 2.24 bits per heavy atom. The smallest absolute Gasteiger partial charge is 0.387 e. The molecular weight excluding hydrogens is 234 g/mol. The van der Waals surface area contributed by atoms with Crippen LogP contribution in [0, 0.1) is 0 Å². The molecule has 17 heavy (non-hydrogen) atoms. The van der Waals surface area contributed by atoms with Gasteiger partial charge in [0, 0.05) is 0 Å². The Balaban J connectivity index is 3.38. The average molecular weight is 246 g/mol. The largest absolute Gasteiger partial charge is 0.493 e. The van der Waals surface area contributed by atoms with E-state index in [1.165, 1.54) is 33.3 Å². The number of rotatable bonds is 5. The van der Waals surface area contributed by atoms with Crippen molar-refractivity contribution in [3.8, 4) is 17.2 Å². The van der Waals surface area contributed by atoms with Gasteiger partial charge in [-0.1, -0.05) is 0 Å². The van der Waals surface area contributed by atoms with Crippen molar-refractivity contribution in [3.63, 3.8) is 0 Å². The Morgan fingerprint density at radius 2 is 1.82 bits per heavy atom. The molecule has 0 saturated heterocycles. The van der Waals surface area contributed by atoms with Gasteiger partial charge < -0.3 is 14.2 Å². The minimum atomic E-state index is -3.05. The predicted molar refractivity (Wildman–Crippen MR) is 56.2 cm³/mol. The van der Waals surface area contributed by atoms with E-state index in [1.54, 1.807) is 0 Å². The number of hydrogen-bond acceptors (Lipinski definition) is 4. The highest BCUT2D eigenvalue weighted by Gasteiger charge is 2.21. The fraction of sp³-hybridized carbons (Fsp3) is 0.364. The summed E-state index contributed by atoms with van der Waals surface area (Å²) in [5.41, 5.74) is 0.0166. The van der Waals surface area contributed by atoms with Crippen LogP contribution in [0.5, 0.6) is 17.2 Å². The third kappa shape index (κ3) is 2.83. The van der Waals surface area contributed by atoms with Crippen molar-refractivity contribution < 1.29 is 27.8 Å². The molecule has 6 heteroatoms. The van der Waals surface area contributed by atoms with Gasteiger partial charge in [0.15, 0.2) is 17.3 Å². The number of ether oxygens (including phenoxy) is 3. The first kappa shape index (κ1) is 13.2. The summed E-state index contributed by atoms with van der Waals surface area (Å²) < 4.78 is 38.7. The molecule has 0 unspecified atom stereocenters. The van der Waals surface area contributed by atoms with Crippen LogP contribution in [0.25, 0.3) is 0 Å². The predicted octanol–water partition coefficient (Wildman–Crippen LogP) is 2.51. The molecule has 1 aromatic carbocycles. The van der Waals surface area contributed by atoms with Gasteiger partial charge in [-0.15, -0.1) is 0 Å². The maximum absolute atomic E-state index is 12.3. The van der Waals surface area contributed by atoms with Gasteiger partial charge in [0.05, 0.1) is 19.8 Å². The van der Waals surface area contributed by atoms with Crippen molar-refractivity contribution in [2.24, 2.45) is 0 Å². The van der Waals surface area contributed by atoms with E-state index in [-0.39, 0.29) is 22.8 Å². The number of Topliss-reactive ketones (excluding diaryl/α,β-unsaturated/α-hetero) is 1. The van der Waals surface area contributed by atoms with E-state index in [0.717, 1.165) is 0 Å². The van der Waals surface area contributed by atoms with Crippen molar-refractivity contribution in [1.29, 1.82) is 0 Å². The number of ketones is 1. The number of carbonyl (C=O) groups excluding carboxylic acids is 1. The summed E-state index contributed by atoms with van der Waals surface area (Å²) in [5, 5.41) is 0. The zero-order valence-electron chi connectivity index (χ0n) is 9.62. The van der Waals surface area contributed by atoms with Crippen molar-refractivity contribution in [2.45, 2.75) is 13.5 Å². The maximum atomic E-state index is 12.3. The highest BCUT2D eigenvalue weighted by Crippen LogP contribution is 2.40. The summed E-state index contributed by atoms with van der Waals surface area (Å²) in [6.07, 6.45) is 0.